The van der Waals surface area contributed by atoms with Gasteiger partial charge in [0.05, 0.1) is 11.6 Å². The van der Waals surface area contributed by atoms with Crippen molar-refractivity contribution in [3.8, 4) is 6.07 Å². The number of halogens is 1. The van der Waals surface area contributed by atoms with E-state index < -0.39 is 5.82 Å². The average molecular weight is 450 g/mol. The number of benzene rings is 2. The maximum absolute atomic E-state index is 14.0. The molecule has 2 aromatic rings. The van der Waals surface area contributed by atoms with Crippen LogP contribution >= 0.6 is 0 Å². The highest BCUT2D eigenvalue weighted by molar-refractivity contribution is 5.94. The topological polar surface area (TPSA) is 65.4 Å². The lowest BCUT2D eigenvalue weighted by atomic mass is 9.87. The van der Waals surface area contributed by atoms with Gasteiger partial charge in [-0.05, 0) is 76.3 Å². The average Bonchev–Trinajstić information content (AvgIpc) is 2.78. The zero-order chi connectivity index (χ0) is 24.0. The third kappa shape index (κ3) is 6.82. The highest BCUT2D eigenvalue weighted by atomic mass is 19.1. The van der Waals surface area contributed by atoms with Crippen molar-refractivity contribution in [3.05, 3.63) is 83.5 Å². The Morgan fingerprint density at radius 2 is 1.91 bits per heavy atom. The predicted molar refractivity (Wildman–Crippen MR) is 127 cm³/mol. The number of nitriles is 1. The molecule has 1 atom stereocenters. The summed E-state index contributed by atoms with van der Waals surface area (Å²) < 4.78 is 19.9. The second kappa shape index (κ2) is 10.5. The van der Waals surface area contributed by atoms with Crippen LogP contribution in [0.3, 0.4) is 0 Å². The maximum atomic E-state index is 14.0. The van der Waals surface area contributed by atoms with Crippen molar-refractivity contribution >= 4 is 5.91 Å². The van der Waals surface area contributed by atoms with Gasteiger partial charge in [0.2, 0.25) is 0 Å². The van der Waals surface area contributed by atoms with Crippen molar-refractivity contribution in [2.24, 2.45) is 5.92 Å². The highest BCUT2D eigenvalue weighted by Crippen LogP contribution is 2.30. The molecule has 0 aromatic heterocycles. The molecule has 174 valence electrons. The molecule has 0 bridgehead atoms. The fourth-order valence-corrected chi connectivity index (χ4v) is 4.12. The molecule has 3 rings (SSSR count). The molecule has 1 fully saturated rings. The lowest BCUT2D eigenvalue weighted by Gasteiger charge is -2.37. The Kier molecular flexibility index (Phi) is 7.75. The number of ether oxygens (including phenoxy) is 1. The van der Waals surface area contributed by atoms with Gasteiger partial charge in [0, 0.05) is 18.7 Å². The van der Waals surface area contributed by atoms with Gasteiger partial charge in [-0.1, -0.05) is 30.3 Å². The summed E-state index contributed by atoms with van der Waals surface area (Å²) in [6.07, 6.45) is 2.73. The molecule has 6 heteroatoms. The van der Waals surface area contributed by atoms with Crippen LogP contribution in [0.15, 0.2) is 61.0 Å². The van der Waals surface area contributed by atoms with Crippen molar-refractivity contribution in [2.45, 2.75) is 51.7 Å². The Morgan fingerprint density at radius 1 is 1.24 bits per heavy atom. The van der Waals surface area contributed by atoms with Crippen LogP contribution in [0.2, 0.25) is 0 Å². The number of likely N-dealkylation sites (tertiary alicyclic amines) is 1. The molecule has 1 unspecified atom stereocenters. The van der Waals surface area contributed by atoms with Crippen molar-refractivity contribution in [3.63, 3.8) is 0 Å². The summed E-state index contributed by atoms with van der Waals surface area (Å²) in [5.74, 6) is 0.0896. The summed E-state index contributed by atoms with van der Waals surface area (Å²) in [7, 11) is 0. The van der Waals surface area contributed by atoms with Crippen LogP contribution < -0.4 is 5.32 Å². The second-order valence-corrected chi connectivity index (χ2v) is 9.52. The standard InChI is InChI=1S/C27H32FN3O2/c1-19(33-27(2,3)4)31-14-12-20(13-15-31)16-25(21-8-6-5-7-9-21)30-26(32)22-10-11-23(18-29)24(28)17-22/h5-11,17,20,25H,1,12-16H2,2-4H3,(H,30,32). The van der Waals surface area contributed by atoms with E-state index in [1.165, 1.54) is 12.1 Å². The van der Waals surface area contributed by atoms with E-state index in [0.717, 1.165) is 44.0 Å². The number of nitrogens with one attached hydrogen (secondary N) is 1. The molecule has 0 radical (unpaired) electrons. The molecule has 1 aliphatic rings. The maximum Gasteiger partial charge on any atom is 0.251 e. The van der Waals surface area contributed by atoms with Crippen LogP contribution in [0.25, 0.3) is 0 Å². The first-order chi connectivity index (χ1) is 15.7. The molecule has 5 nitrogen and oxygen atoms in total. The van der Waals surface area contributed by atoms with Crippen LogP contribution in [0, 0.1) is 23.1 Å². The Balaban J connectivity index is 1.66. The largest absolute Gasteiger partial charge is 0.474 e. The minimum atomic E-state index is -0.688. The number of carbonyl (C=O) groups excluding carboxylic acids is 1. The Morgan fingerprint density at radius 3 is 2.48 bits per heavy atom. The minimum absolute atomic E-state index is 0.0741. The number of hydrogen-bond acceptors (Lipinski definition) is 4. The Labute approximate surface area is 195 Å². The van der Waals surface area contributed by atoms with E-state index in [1.807, 2.05) is 51.1 Å². The van der Waals surface area contributed by atoms with Crippen molar-refractivity contribution < 1.29 is 13.9 Å². The summed E-state index contributed by atoms with van der Waals surface area (Å²) in [5.41, 5.74) is 0.873. The SMILES string of the molecule is C=C(OC(C)(C)C)N1CCC(CC(NC(=O)c2ccc(C#N)c(F)c2)c2ccccc2)CC1. The molecule has 0 saturated carbocycles. The first-order valence-electron chi connectivity index (χ1n) is 11.3. The summed E-state index contributed by atoms with van der Waals surface area (Å²) in [6, 6.07) is 15.4. The van der Waals surface area contributed by atoms with E-state index >= 15 is 0 Å². The predicted octanol–water partition coefficient (Wildman–Crippen LogP) is 5.56. The fourth-order valence-electron chi connectivity index (χ4n) is 4.12. The number of amides is 1. The van der Waals surface area contributed by atoms with Gasteiger partial charge >= 0.3 is 0 Å². The lowest BCUT2D eigenvalue weighted by molar-refractivity contribution is -0.00611. The van der Waals surface area contributed by atoms with E-state index in [4.69, 9.17) is 10.00 Å². The quantitative estimate of drug-likeness (QED) is 0.562. The zero-order valence-electron chi connectivity index (χ0n) is 19.6. The molecular weight excluding hydrogens is 417 g/mol. The highest BCUT2D eigenvalue weighted by Gasteiger charge is 2.27. The molecule has 1 saturated heterocycles. The monoisotopic (exact) mass is 449 g/mol. The number of rotatable bonds is 7. The Hall–Kier alpha value is -3.33. The van der Waals surface area contributed by atoms with Crippen LogP contribution in [-0.4, -0.2) is 29.5 Å². The smallest absolute Gasteiger partial charge is 0.251 e. The fraction of sp³-hybridized carbons (Fsp3) is 0.407. The third-order valence-corrected chi connectivity index (χ3v) is 5.82. The van der Waals surface area contributed by atoms with Gasteiger partial charge in [0.1, 0.15) is 17.5 Å². The van der Waals surface area contributed by atoms with Crippen LogP contribution in [0.1, 0.15) is 67.6 Å². The second-order valence-electron chi connectivity index (χ2n) is 9.52. The van der Waals surface area contributed by atoms with Crippen LogP contribution in [-0.2, 0) is 4.74 Å². The van der Waals surface area contributed by atoms with Gasteiger partial charge < -0.3 is 15.0 Å². The minimum Gasteiger partial charge on any atom is -0.474 e. The first kappa shape index (κ1) is 24.3. The van der Waals surface area contributed by atoms with Gasteiger partial charge in [-0.25, -0.2) is 4.39 Å². The molecule has 0 spiro atoms. The molecule has 1 N–H and O–H groups in total. The number of piperidine rings is 1. The van der Waals surface area contributed by atoms with Gasteiger partial charge in [-0.15, -0.1) is 0 Å². The van der Waals surface area contributed by atoms with Gasteiger partial charge in [0.15, 0.2) is 5.88 Å². The summed E-state index contributed by atoms with van der Waals surface area (Å²) in [6.45, 7) is 11.8. The molecule has 1 heterocycles. The summed E-state index contributed by atoms with van der Waals surface area (Å²) in [4.78, 5) is 15.1. The zero-order valence-corrected chi connectivity index (χ0v) is 19.6. The molecule has 33 heavy (non-hydrogen) atoms. The molecule has 1 amide bonds. The number of nitrogens with zero attached hydrogens (tertiary/aromatic N) is 2. The molecule has 1 aliphatic heterocycles. The Bertz CT molecular complexity index is 1020. The molecule has 2 aromatic carbocycles. The first-order valence-corrected chi connectivity index (χ1v) is 11.3. The summed E-state index contributed by atoms with van der Waals surface area (Å²) in [5, 5.41) is 12.0. The van der Waals surface area contributed by atoms with E-state index in [2.05, 4.69) is 16.8 Å². The van der Waals surface area contributed by atoms with Crippen LogP contribution in [0.5, 0.6) is 0 Å². The van der Waals surface area contributed by atoms with Gasteiger partial charge in [-0.2, -0.15) is 5.26 Å². The normalized spacial score (nSPS) is 15.4. The van der Waals surface area contributed by atoms with E-state index in [0.29, 0.717) is 11.8 Å². The van der Waals surface area contributed by atoms with Crippen molar-refractivity contribution in [2.75, 3.05) is 13.1 Å². The van der Waals surface area contributed by atoms with Crippen LogP contribution in [0.4, 0.5) is 4.39 Å². The third-order valence-electron chi connectivity index (χ3n) is 5.82. The van der Waals surface area contributed by atoms with E-state index in [-0.39, 0.29) is 28.7 Å². The number of hydrogen-bond donors (Lipinski definition) is 1. The number of carbonyl (C=O) groups is 1. The van der Waals surface area contributed by atoms with Crippen molar-refractivity contribution in [1.29, 1.82) is 5.26 Å². The molecular formula is C27H32FN3O2. The molecule has 0 aliphatic carbocycles. The van der Waals surface area contributed by atoms with Gasteiger partial charge in [-0.3, -0.25) is 4.79 Å². The lowest BCUT2D eigenvalue weighted by Crippen LogP contribution is -2.37. The summed E-state index contributed by atoms with van der Waals surface area (Å²) >= 11 is 0. The van der Waals surface area contributed by atoms with E-state index in [9.17, 15) is 9.18 Å². The van der Waals surface area contributed by atoms with E-state index in [1.54, 1.807) is 6.07 Å². The van der Waals surface area contributed by atoms with Crippen molar-refractivity contribution in [1.82, 2.24) is 10.2 Å². The van der Waals surface area contributed by atoms with Gasteiger partial charge in [0.25, 0.3) is 5.91 Å².